The predicted octanol–water partition coefficient (Wildman–Crippen LogP) is 3.14. The largest absolute Gasteiger partial charge is 0.496 e. The highest BCUT2D eigenvalue weighted by Gasteiger charge is 2.16. The summed E-state index contributed by atoms with van der Waals surface area (Å²) in [6.07, 6.45) is 1.21. The lowest BCUT2D eigenvalue weighted by Crippen LogP contribution is -2.32. The van der Waals surface area contributed by atoms with Crippen LogP contribution in [0.15, 0.2) is 77.9 Å². The smallest absolute Gasteiger partial charge is 0.347 e. The number of anilines is 1. The highest BCUT2D eigenvalue weighted by Crippen LogP contribution is 2.22. The zero-order valence-electron chi connectivity index (χ0n) is 16.9. The quantitative estimate of drug-likeness (QED) is 0.203. The van der Waals surface area contributed by atoms with Crippen molar-refractivity contribution in [1.82, 2.24) is 5.43 Å². The van der Waals surface area contributed by atoms with Gasteiger partial charge in [0.15, 0.2) is 0 Å². The van der Waals surface area contributed by atoms with Crippen molar-refractivity contribution in [3.63, 3.8) is 0 Å². The number of hydrogen-bond donors (Lipinski definition) is 2. The number of nitrogens with one attached hydrogen (secondary N) is 2. The molecule has 3 rings (SSSR count). The molecule has 0 aromatic heterocycles. The average Bonchev–Trinajstić information content (AvgIpc) is 2.81. The Hall–Kier alpha value is -4.53. The number of ether oxygens (including phenoxy) is 2. The summed E-state index contributed by atoms with van der Waals surface area (Å²) in [5, 5.41) is 5.85. The normalized spacial score (nSPS) is 10.4. The number of benzene rings is 3. The molecule has 3 aromatic rings. The van der Waals surface area contributed by atoms with Gasteiger partial charge in [0, 0.05) is 5.56 Å². The van der Waals surface area contributed by atoms with Gasteiger partial charge < -0.3 is 14.8 Å². The zero-order chi connectivity index (χ0) is 22.9. The van der Waals surface area contributed by atoms with Crippen LogP contribution in [0.4, 0.5) is 10.1 Å². The Labute approximate surface area is 182 Å². The van der Waals surface area contributed by atoms with Gasteiger partial charge in [-0.05, 0) is 36.4 Å². The summed E-state index contributed by atoms with van der Waals surface area (Å²) in [6, 6.07) is 18.5. The van der Waals surface area contributed by atoms with Gasteiger partial charge in [0.25, 0.3) is 0 Å². The van der Waals surface area contributed by atoms with Crippen LogP contribution in [0.2, 0.25) is 0 Å². The maximum Gasteiger partial charge on any atom is 0.347 e. The molecule has 0 aliphatic rings. The van der Waals surface area contributed by atoms with Gasteiger partial charge in [0.1, 0.15) is 22.9 Å². The van der Waals surface area contributed by atoms with Crippen LogP contribution in [-0.2, 0) is 9.59 Å². The van der Waals surface area contributed by atoms with Crippen molar-refractivity contribution in [3.8, 4) is 11.5 Å². The second kappa shape index (κ2) is 10.5. The minimum atomic E-state index is -1.10. The predicted molar refractivity (Wildman–Crippen MR) is 115 cm³/mol. The zero-order valence-corrected chi connectivity index (χ0v) is 16.9. The van der Waals surface area contributed by atoms with E-state index in [1.54, 1.807) is 48.5 Å². The third-order valence-corrected chi connectivity index (χ3v) is 4.15. The van der Waals surface area contributed by atoms with E-state index in [4.69, 9.17) is 9.47 Å². The number of hydrogen-bond acceptors (Lipinski definition) is 6. The van der Waals surface area contributed by atoms with Gasteiger partial charge in [-0.15, -0.1) is 0 Å². The number of amides is 2. The molecule has 162 valence electrons. The molecule has 0 radical (unpaired) electrons. The van der Waals surface area contributed by atoms with Gasteiger partial charge in [0.2, 0.25) is 0 Å². The maximum atomic E-state index is 13.6. The first-order chi connectivity index (χ1) is 15.5. The standard InChI is InChI=1S/C23H18FN3O5/c1-31-20-13-7-3-9-16(20)23(30)32-19-12-6-2-8-15(19)14-25-27-22(29)21(28)26-18-11-5-4-10-17(18)24/h2-14H,1H3,(H,26,28)(H,27,29)/b25-14+. The molecular weight excluding hydrogens is 417 g/mol. The molecule has 0 fully saturated rings. The van der Waals surface area contributed by atoms with E-state index in [1.165, 1.54) is 31.5 Å². The first-order valence-electron chi connectivity index (χ1n) is 9.32. The Morgan fingerprint density at radius 3 is 2.28 bits per heavy atom. The monoisotopic (exact) mass is 435 g/mol. The van der Waals surface area contributed by atoms with Crippen LogP contribution < -0.4 is 20.2 Å². The van der Waals surface area contributed by atoms with E-state index in [2.05, 4.69) is 10.4 Å². The van der Waals surface area contributed by atoms with Gasteiger partial charge in [0.05, 0.1) is 19.0 Å². The molecule has 32 heavy (non-hydrogen) atoms. The summed E-state index contributed by atoms with van der Waals surface area (Å²) in [5.74, 6) is -2.98. The van der Waals surface area contributed by atoms with E-state index in [0.29, 0.717) is 11.3 Å². The van der Waals surface area contributed by atoms with E-state index in [0.717, 1.165) is 6.07 Å². The number of halogens is 1. The summed E-state index contributed by atoms with van der Waals surface area (Å²) >= 11 is 0. The Morgan fingerprint density at radius 2 is 1.53 bits per heavy atom. The first-order valence-corrected chi connectivity index (χ1v) is 9.32. The van der Waals surface area contributed by atoms with Gasteiger partial charge in [-0.1, -0.05) is 36.4 Å². The molecule has 0 aliphatic heterocycles. The molecule has 0 saturated heterocycles. The van der Waals surface area contributed by atoms with E-state index < -0.39 is 23.6 Å². The van der Waals surface area contributed by atoms with E-state index in [1.807, 2.05) is 5.43 Å². The molecule has 0 saturated carbocycles. The number of carbonyl (C=O) groups is 3. The first kappa shape index (κ1) is 22.2. The fraction of sp³-hybridized carbons (Fsp3) is 0.0435. The maximum absolute atomic E-state index is 13.6. The minimum Gasteiger partial charge on any atom is -0.496 e. The van der Waals surface area contributed by atoms with Crippen molar-refractivity contribution in [2.75, 3.05) is 12.4 Å². The molecule has 3 aromatic carbocycles. The van der Waals surface area contributed by atoms with Crippen molar-refractivity contribution in [2.45, 2.75) is 0 Å². The lowest BCUT2D eigenvalue weighted by Gasteiger charge is -2.10. The average molecular weight is 435 g/mol. The molecule has 0 aliphatic carbocycles. The Kier molecular flexibility index (Phi) is 7.26. The third kappa shape index (κ3) is 5.54. The number of esters is 1. The fourth-order valence-corrected chi connectivity index (χ4v) is 2.60. The van der Waals surface area contributed by atoms with Gasteiger partial charge in [-0.2, -0.15) is 5.10 Å². The minimum absolute atomic E-state index is 0.134. The number of methoxy groups -OCH3 is 1. The SMILES string of the molecule is COc1ccccc1C(=O)Oc1ccccc1/C=N/NC(=O)C(=O)Nc1ccccc1F. The number of hydrazone groups is 1. The van der Waals surface area contributed by atoms with Crippen molar-refractivity contribution in [1.29, 1.82) is 0 Å². The van der Waals surface area contributed by atoms with Crippen LogP contribution in [0, 0.1) is 5.82 Å². The van der Waals surface area contributed by atoms with E-state index >= 15 is 0 Å². The summed E-state index contributed by atoms with van der Waals surface area (Å²) in [7, 11) is 1.44. The van der Waals surface area contributed by atoms with Crippen molar-refractivity contribution >= 4 is 29.7 Å². The molecule has 0 unspecified atom stereocenters. The summed E-state index contributed by atoms with van der Waals surface area (Å²) in [5.41, 5.74) is 2.50. The summed E-state index contributed by atoms with van der Waals surface area (Å²) in [6.45, 7) is 0. The summed E-state index contributed by atoms with van der Waals surface area (Å²) in [4.78, 5) is 36.3. The van der Waals surface area contributed by atoms with E-state index in [-0.39, 0.29) is 17.0 Å². The molecule has 9 heteroatoms. The second-order valence-corrected chi connectivity index (χ2v) is 6.26. The molecule has 2 amide bonds. The van der Waals surface area contributed by atoms with Crippen LogP contribution in [-0.4, -0.2) is 31.1 Å². The van der Waals surface area contributed by atoms with Gasteiger partial charge in [-0.3, -0.25) is 9.59 Å². The number of rotatable bonds is 6. The number of para-hydroxylation sites is 3. The number of nitrogens with zero attached hydrogens (tertiary/aromatic N) is 1. The van der Waals surface area contributed by atoms with Crippen LogP contribution in [0.25, 0.3) is 0 Å². The second-order valence-electron chi connectivity index (χ2n) is 6.26. The topological polar surface area (TPSA) is 106 Å². The van der Waals surface area contributed by atoms with Gasteiger partial charge in [-0.25, -0.2) is 14.6 Å². The molecule has 2 N–H and O–H groups in total. The number of carbonyl (C=O) groups excluding carboxylic acids is 3. The lowest BCUT2D eigenvalue weighted by molar-refractivity contribution is -0.136. The van der Waals surface area contributed by atoms with Gasteiger partial charge >= 0.3 is 17.8 Å². The van der Waals surface area contributed by atoms with Crippen LogP contribution in [0.5, 0.6) is 11.5 Å². The third-order valence-electron chi connectivity index (χ3n) is 4.15. The molecular formula is C23H18FN3O5. The van der Waals surface area contributed by atoms with Crippen molar-refractivity contribution < 1.29 is 28.2 Å². The highest BCUT2D eigenvalue weighted by molar-refractivity contribution is 6.39. The lowest BCUT2D eigenvalue weighted by atomic mass is 10.2. The molecule has 8 nitrogen and oxygen atoms in total. The van der Waals surface area contributed by atoms with Crippen molar-refractivity contribution in [2.24, 2.45) is 5.10 Å². The Balaban J connectivity index is 1.65. The summed E-state index contributed by atoms with van der Waals surface area (Å²) < 4.78 is 24.2. The highest BCUT2D eigenvalue weighted by atomic mass is 19.1. The van der Waals surface area contributed by atoms with Crippen LogP contribution in [0.3, 0.4) is 0 Å². The van der Waals surface area contributed by atoms with Crippen molar-refractivity contribution in [3.05, 3.63) is 89.7 Å². The molecule has 0 atom stereocenters. The Morgan fingerprint density at radius 1 is 0.875 bits per heavy atom. The Bertz CT molecular complexity index is 1180. The van der Waals surface area contributed by atoms with E-state index in [9.17, 15) is 18.8 Å². The fourth-order valence-electron chi connectivity index (χ4n) is 2.60. The molecule has 0 bridgehead atoms. The van der Waals surface area contributed by atoms with Crippen LogP contribution >= 0.6 is 0 Å². The molecule has 0 heterocycles. The molecule has 0 spiro atoms. The van der Waals surface area contributed by atoms with Crippen LogP contribution in [0.1, 0.15) is 15.9 Å².